The molecular weight excluding hydrogens is 271 g/mol. The second-order valence-electron chi connectivity index (χ2n) is 2.91. The molecule has 0 radical (unpaired) electrons. The van der Waals surface area contributed by atoms with Crippen LogP contribution in [0.2, 0.25) is 0 Å². The molecule has 0 saturated carbocycles. The molecule has 3 nitrogen and oxygen atoms in total. The van der Waals surface area contributed by atoms with Crippen molar-refractivity contribution in [3.05, 3.63) is 0 Å². The maximum absolute atomic E-state index is 10.9. The van der Waals surface area contributed by atoms with E-state index >= 15 is 0 Å². The molecule has 0 bridgehead atoms. The van der Waals surface area contributed by atoms with E-state index in [1.807, 2.05) is 0 Å². The average Bonchev–Trinajstić information content (AvgIpc) is 2.04. The quantitative estimate of drug-likeness (QED) is 0.454. The van der Waals surface area contributed by atoms with Gasteiger partial charge in [0.15, 0.2) is 0 Å². The lowest BCUT2D eigenvalue weighted by Gasteiger charge is -2.27. The van der Waals surface area contributed by atoms with Crippen LogP contribution in [-0.4, -0.2) is 22.8 Å². The SMILES string of the molecule is CCC[C@H]1C[C@H](CI)OC(=O)O1. The molecule has 1 saturated heterocycles. The Hall–Kier alpha value is 0. The first-order chi connectivity index (χ1) is 5.76. The molecule has 1 rings (SSSR count). The number of cyclic esters (lactones) is 2. The first-order valence-corrected chi connectivity index (χ1v) is 5.72. The van der Waals surface area contributed by atoms with Gasteiger partial charge in [0.25, 0.3) is 0 Å². The predicted molar refractivity (Wildman–Crippen MR) is 53.6 cm³/mol. The van der Waals surface area contributed by atoms with Gasteiger partial charge in [-0.1, -0.05) is 35.9 Å². The lowest BCUT2D eigenvalue weighted by Crippen LogP contribution is -2.35. The summed E-state index contributed by atoms with van der Waals surface area (Å²) in [7, 11) is 0. The molecule has 0 aromatic heterocycles. The number of carbonyl (C=O) groups excluding carboxylic acids is 1. The minimum atomic E-state index is -0.499. The molecule has 0 spiro atoms. The Bertz CT molecular complexity index is 160. The van der Waals surface area contributed by atoms with Gasteiger partial charge in [0.05, 0.1) is 0 Å². The van der Waals surface area contributed by atoms with Crippen LogP contribution in [0.4, 0.5) is 4.79 Å². The van der Waals surface area contributed by atoms with Crippen LogP contribution in [0.5, 0.6) is 0 Å². The Balaban J connectivity index is 2.39. The zero-order chi connectivity index (χ0) is 8.97. The Morgan fingerprint density at radius 2 is 2.17 bits per heavy atom. The minimum Gasteiger partial charge on any atom is -0.431 e. The Morgan fingerprint density at radius 1 is 1.50 bits per heavy atom. The zero-order valence-electron chi connectivity index (χ0n) is 7.09. The van der Waals surface area contributed by atoms with Gasteiger partial charge in [-0.05, 0) is 6.42 Å². The van der Waals surface area contributed by atoms with E-state index in [1.54, 1.807) is 0 Å². The fourth-order valence-corrected chi connectivity index (χ4v) is 1.82. The van der Waals surface area contributed by atoms with E-state index in [4.69, 9.17) is 9.47 Å². The Kier molecular flexibility index (Phi) is 4.11. The number of hydrogen-bond donors (Lipinski definition) is 0. The average molecular weight is 284 g/mol. The molecule has 2 atom stereocenters. The van der Waals surface area contributed by atoms with Gasteiger partial charge >= 0.3 is 6.16 Å². The number of alkyl halides is 1. The Morgan fingerprint density at radius 3 is 2.75 bits per heavy atom. The van der Waals surface area contributed by atoms with Crippen molar-refractivity contribution >= 4 is 28.7 Å². The standard InChI is InChI=1S/C8H13IO3/c1-2-3-6-4-7(5-9)12-8(10)11-6/h6-7H,2-5H2,1H3/t6-,7+/m0/s1. The third-order valence-corrected chi connectivity index (χ3v) is 2.82. The van der Waals surface area contributed by atoms with E-state index in [0.717, 1.165) is 23.7 Å². The van der Waals surface area contributed by atoms with Crippen molar-refractivity contribution in [1.29, 1.82) is 0 Å². The van der Waals surface area contributed by atoms with Gasteiger partial charge in [-0.15, -0.1) is 0 Å². The largest absolute Gasteiger partial charge is 0.508 e. The van der Waals surface area contributed by atoms with Gasteiger partial charge in [0.1, 0.15) is 12.2 Å². The van der Waals surface area contributed by atoms with Crippen molar-refractivity contribution in [2.75, 3.05) is 4.43 Å². The van der Waals surface area contributed by atoms with Crippen molar-refractivity contribution in [2.45, 2.75) is 38.4 Å². The second-order valence-corrected chi connectivity index (χ2v) is 3.79. The highest BCUT2D eigenvalue weighted by molar-refractivity contribution is 14.1. The van der Waals surface area contributed by atoms with Gasteiger partial charge < -0.3 is 9.47 Å². The maximum atomic E-state index is 10.9. The van der Waals surface area contributed by atoms with Crippen molar-refractivity contribution in [3.63, 3.8) is 0 Å². The minimum absolute atomic E-state index is 0.0587. The summed E-state index contributed by atoms with van der Waals surface area (Å²) in [5.41, 5.74) is 0. The lowest BCUT2D eigenvalue weighted by molar-refractivity contribution is -0.0536. The summed E-state index contributed by atoms with van der Waals surface area (Å²) in [5, 5.41) is 0. The smallest absolute Gasteiger partial charge is 0.431 e. The van der Waals surface area contributed by atoms with Gasteiger partial charge in [0, 0.05) is 10.8 Å². The van der Waals surface area contributed by atoms with Crippen LogP contribution in [-0.2, 0) is 9.47 Å². The zero-order valence-corrected chi connectivity index (χ0v) is 9.24. The predicted octanol–water partition coefficient (Wildman–Crippen LogP) is 2.52. The molecule has 0 amide bonds. The number of ether oxygens (including phenoxy) is 2. The first kappa shape index (κ1) is 10.1. The molecule has 12 heavy (non-hydrogen) atoms. The third-order valence-electron chi connectivity index (χ3n) is 1.83. The fraction of sp³-hybridized carbons (Fsp3) is 0.875. The highest BCUT2D eigenvalue weighted by Gasteiger charge is 2.28. The fourth-order valence-electron chi connectivity index (χ4n) is 1.28. The van der Waals surface area contributed by atoms with Crippen molar-refractivity contribution in [2.24, 2.45) is 0 Å². The molecule has 0 unspecified atom stereocenters. The Labute approximate surface area is 85.9 Å². The van der Waals surface area contributed by atoms with Gasteiger partial charge in [-0.25, -0.2) is 4.79 Å². The van der Waals surface area contributed by atoms with Crippen molar-refractivity contribution in [1.82, 2.24) is 0 Å². The maximum Gasteiger partial charge on any atom is 0.508 e. The summed E-state index contributed by atoms with van der Waals surface area (Å²) in [6, 6.07) is 0. The van der Waals surface area contributed by atoms with Gasteiger partial charge in [-0.3, -0.25) is 0 Å². The number of halogens is 1. The molecule has 1 fully saturated rings. The van der Waals surface area contributed by atoms with E-state index in [2.05, 4.69) is 29.5 Å². The topological polar surface area (TPSA) is 35.5 Å². The van der Waals surface area contributed by atoms with Gasteiger partial charge in [-0.2, -0.15) is 0 Å². The van der Waals surface area contributed by atoms with Crippen LogP contribution in [0.3, 0.4) is 0 Å². The summed E-state index contributed by atoms with van der Waals surface area (Å²) in [4.78, 5) is 10.9. The monoisotopic (exact) mass is 284 g/mol. The molecule has 4 heteroatoms. The molecule has 1 aliphatic heterocycles. The van der Waals surface area contributed by atoms with Crippen molar-refractivity contribution in [3.8, 4) is 0 Å². The summed E-state index contributed by atoms with van der Waals surface area (Å²) in [6.07, 6.45) is 2.48. The molecule has 0 aliphatic carbocycles. The van der Waals surface area contributed by atoms with Crippen LogP contribution in [0.25, 0.3) is 0 Å². The summed E-state index contributed by atoms with van der Waals surface area (Å²) >= 11 is 2.22. The second kappa shape index (κ2) is 4.89. The number of carbonyl (C=O) groups is 1. The van der Waals surface area contributed by atoms with Crippen LogP contribution >= 0.6 is 22.6 Å². The van der Waals surface area contributed by atoms with Gasteiger partial charge in [0.2, 0.25) is 0 Å². The van der Waals surface area contributed by atoms with Crippen LogP contribution < -0.4 is 0 Å². The molecular formula is C8H13IO3. The van der Waals surface area contributed by atoms with Crippen LogP contribution in [0.15, 0.2) is 0 Å². The normalized spacial score (nSPS) is 29.3. The van der Waals surface area contributed by atoms with E-state index in [0.29, 0.717) is 0 Å². The molecule has 1 heterocycles. The van der Waals surface area contributed by atoms with Crippen LogP contribution in [0, 0.1) is 0 Å². The summed E-state index contributed by atoms with van der Waals surface area (Å²) < 4.78 is 10.8. The van der Waals surface area contributed by atoms with E-state index < -0.39 is 6.16 Å². The molecule has 0 N–H and O–H groups in total. The first-order valence-electron chi connectivity index (χ1n) is 4.19. The summed E-state index contributed by atoms with van der Waals surface area (Å²) in [5.74, 6) is 0. The lowest BCUT2D eigenvalue weighted by atomic mass is 10.1. The van der Waals surface area contributed by atoms with Crippen molar-refractivity contribution < 1.29 is 14.3 Å². The highest BCUT2D eigenvalue weighted by atomic mass is 127. The molecule has 1 aliphatic rings. The number of hydrogen-bond acceptors (Lipinski definition) is 3. The van der Waals surface area contributed by atoms with E-state index in [9.17, 15) is 4.79 Å². The molecule has 0 aromatic rings. The third kappa shape index (κ3) is 2.80. The summed E-state index contributed by atoms with van der Waals surface area (Å²) in [6.45, 7) is 2.09. The van der Waals surface area contributed by atoms with E-state index in [1.165, 1.54) is 0 Å². The highest BCUT2D eigenvalue weighted by Crippen LogP contribution is 2.20. The van der Waals surface area contributed by atoms with E-state index in [-0.39, 0.29) is 12.2 Å². The number of rotatable bonds is 3. The van der Waals surface area contributed by atoms with Crippen LogP contribution in [0.1, 0.15) is 26.2 Å². The molecule has 0 aromatic carbocycles. The molecule has 70 valence electrons.